The first kappa shape index (κ1) is 15.9. The molecule has 6 heteroatoms. The van der Waals surface area contributed by atoms with E-state index >= 15 is 0 Å². The van der Waals surface area contributed by atoms with E-state index in [1.807, 2.05) is 24.0 Å². The van der Waals surface area contributed by atoms with Gasteiger partial charge < -0.3 is 10.1 Å². The zero-order valence-corrected chi connectivity index (χ0v) is 13.2. The van der Waals surface area contributed by atoms with Crippen LogP contribution in [0.5, 0.6) is 0 Å². The molecule has 0 aromatic carbocycles. The number of ether oxygens (including phenoxy) is 1. The molecular formula is C15H21ClN4O. The van der Waals surface area contributed by atoms with Crippen LogP contribution in [-0.2, 0) is 17.7 Å². The molecule has 1 atom stereocenters. The van der Waals surface area contributed by atoms with Gasteiger partial charge in [-0.1, -0.05) is 17.7 Å². The predicted molar refractivity (Wildman–Crippen MR) is 83.5 cm³/mol. The molecule has 21 heavy (non-hydrogen) atoms. The van der Waals surface area contributed by atoms with Crippen molar-refractivity contribution in [2.24, 2.45) is 0 Å². The van der Waals surface area contributed by atoms with E-state index in [4.69, 9.17) is 16.3 Å². The summed E-state index contributed by atoms with van der Waals surface area (Å²) in [5, 5.41) is 8.35. The van der Waals surface area contributed by atoms with Crippen molar-refractivity contribution in [2.75, 3.05) is 20.8 Å². The van der Waals surface area contributed by atoms with Crippen molar-refractivity contribution in [2.45, 2.75) is 25.4 Å². The third-order valence-electron chi connectivity index (χ3n) is 3.46. The largest absolute Gasteiger partial charge is 0.383 e. The lowest BCUT2D eigenvalue weighted by Crippen LogP contribution is -2.22. The molecule has 0 amide bonds. The van der Waals surface area contributed by atoms with Crippen molar-refractivity contribution in [1.29, 1.82) is 0 Å². The highest BCUT2D eigenvalue weighted by atomic mass is 35.5. The summed E-state index contributed by atoms with van der Waals surface area (Å²) in [6, 6.07) is 4.19. The van der Waals surface area contributed by atoms with Gasteiger partial charge in [0.2, 0.25) is 0 Å². The highest BCUT2D eigenvalue weighted by Gasteiger charge is 2.18. The normalized spacial score (nSPS) is 12.5. The van der Waals surface area contributed by atoms with E-state index in [2.05, 4.69) is 21.5 Å². The number of methoxy groups -OCH3 is 1. The Morgan fingerprint density at radius 2 is 2.29 bits per heavy atom. The number of nitrogens with one attached hydrogen (secondary N) is 1. The number of pyridine rings is 1. The summed E-state index contributed by atoms with van der Waals surface area (Å²) in [6.07, 6.45) is 7.25. The first-order valence-electron chi connectivity index (χ1n) is 7.02. The summed E-state index contributed by atoms with van der Waals surface area (Å²) >= 11 is 6.30. The summed E-state index contributed by atoms with van der Waals surface area (Å²) in [7, 11) is 3.63. The second-order valence-electron chi connectivity index (χ2n) is 4.83. The second-order valence-corrected chi connectivity index (χ2v) is 5.24. The molecule has 0 saturated carbocycles. The van der Waals surface area contributed by atoms with Crippen molar-refractivity contribution >= 4 is 11.6 Å². The SMILES string of the molecule is CNC(CCc1cccnc1)c1c(Cl)cnn1CCOC. The number of hydrogen-bond donors (Lipinski definition) is 1. The lowest BCUT2D eigenvalue weighted by molar-refractivity contribution is 0.181. The third kappa shape index (κ3) is 4.27. The van der Waals surface area contributed by atoms with Gasteiger partial charge in [-0.2, -0.15) is 5.10 Å². The predicted octanol–water partition coefficient (Wildman–Crippen LogP) is 2.47. The minimum atomic E-state index is 0.150. The molecule has 1 unspecified atom stereocenters. The molecule has 0 fully saturated rings. The van der Waals surface area contributed by atoms with Crippen LogP contribution < -0.4 is 5.32 Å². The molecule has 1 N–H and O–H groups in total. The quantitative estimate of drug-likeness (QED) is 0.814. The average Bonchev–Trinajstić information content (AvgIpc) is 2.88. The molecule has 0 bridgehead atoms. The fourth-order valence-electron chi connectivity index (χ4n) is 2.35. The first-order valence-corrected chi connectivity index (χ1v) is 7.40. The molecule has 114 valence electrons. The van der Waals surface area contributed by atoms with Crippen molar-refractivity contribution in [3.05, 3.63) is 47.0 Å². The second kappa shape index (κ2) is 8.12. The fourth-order valence-corrected chi connectivity index (χ4v) is 2.62. The standard InChI is InChI=1S/C15H21ClN4O/c1-17-14(6-5-12-4-3-7-18-10-12)15-13(16)11-19-20(15)8-9-21-2/h3-4,7,10-11,14,17H,5-6,8-9H2,1-2H3. The summed E-state index contributed by atoms with van der Waals surface area (Å²) in [5.74, 6) is 0. The van der Waals surface area contributed by atoms with E-state index in [1.165, 1.54) is 5.56 Å². The van der Waals surface area contributed by atoms with Crippen LogP contribution in [0.25, 0.3) is 0 Å². The molecule has 5 nitrogen and oxygen atoms in total. The number of hydrogen-bond acceptors (Lipinski definition) is 4. The topological polar surface area (TPSA) is 52.0 Å². The van der Waals surface area contributed by atoms with Gasteiger partial charge in [-0.25, -0.2) is 0 Å². The molecule has 2 heterocycles. The molecular weight excluding hydrogens is 288 g/mol. The van der Waals surface area contributed by atoms with Gasteiger partial charge in [0.25, 0.3) is 0 Å². The van der Waals surface area contributed by atoms with Gasteiger partial charge in [-0.3, -0.25) is 9.67 Å². The Balaban J connectivity index is 2.08. The van der Waals surface area contributed by atoms with Gasteiger partial charge in [0, 0.05) is 19.5 Å². The molecule has 2 aromatic heterocycles. The van der Waals surface area contributed by atoms with Crippen LogP contribution in [-0.4, -0.2) is 35.5 Å². The first-order chi connectivity index (χ1) is 10.3. The summed E-state index contributed by atoms with van der Waals surface area (Å²) in [4.78, 5) is 4.15. The van der Waals surface area contributed by atoms with E-state index in [1.54, 1.807) is 19.5 Å². The van der Waals surface area contributed by atoms with Gasteiger partial charge in [0.1, 0.15) is 0 Å². The Labute approximate surface area is 130 Å². The lowest BCUT2D eigenvalue weighted by atomic mass is 10.0. The molecule has 0 aliphatic carbocycles. The van der Waals surface area contributed by atoms with Crippen molar-refractivity contribution in [3.8, 4) is 0 Å². The minimum absolute atomic E-state index is 0.150. The molecule has 0 aliphatic rings. The van der Waals surface area contributed by atoms with Crippen molar-refractivity contribution in [1.82, 2.24) is 20.1 Å². The van der Waals surface area contributed by atoms with Crippen molar-refractivity contribution in [3.63, 3.8) is 0 Å². The lowest BCUT2D eigenvalue weighted by Gasteiger charge is -2.18. The van der Waals surface area contributed by atoms with Crippen LogP contribution in [0.15, 0.2) is 30.7 Å². The monoisotopic (exact) mass is 308 g/mol. The van der Waals surface area contributed by atoms with Gasteiger partial charge in [-0.05, 0) is 31.5 Å². The van der Waals surface area contributed by atoms with Gasteiger partial charge in [0.15, 0.2) is 0 Å². The zero-order valence-electron chi connectivity index (χ0n) is 12.4. The molecule has 2 rings (SSSR count). The third-order valence-corrected chi connectivity index (χ3v) is 3.75. The smallest absolute Gasteiger partial charge is 0.0834 e. The fraction of sp³-hybridized carbons (Fsp3) is 0.467. The average molecular weight is 309 g/mol. The summed E-state index contributed by atoms with van der Waals surface area (Å²) < 4.78 is 7.03. The number of halogens is 1. The van der Waals surface area contributed by atoms with Gasteiger partial charge >= 0.3 is 0 Å². The highest BCUT2D eigenvalue weighted by Crippen LogP contribution is 2.26. The van der Waals surface area contributed by atoms with Gasteiger partial charge in [-0.15, -0.1) is 0 Å². The van der Waals surface area contributed by atoms with Crippen LogP contribution in [0.3, 0.4) is 0 Å². The van der Waals surface area contributed by atoms with E-state index in [0.29, 0.717) is 18.2 Å². The Kier molecular flexibility index (Phi) is 6.17. The van der Waals surface area contributed by atoms with Gasteiger partial charge in [0.05, 0.1) is 36.1 Å². The van der Waals surface area contributed by atoms with E-state index in [0.717, 1.165) is 18.5 Å². The highest BCUT2D eigenvalue weighted by molar-refractivity contribution is 6.31. The van der Waals surface area contributed by atoms with E-state index < -0.39 is 0 Å². The molecule has 0 aliphatic heterocycles. The number of rotatable bonds is 8. The van der Waals surface area contributed by atoms with Crippen LogP contribution >= 0.6 is 11.6 Å². The van der Waals surface area contributed by atoms with Crippen LogP contribution in [0.1, 0.15) is 23.7 Å². The summed E-state index contributed by atoms with van der Waals surface area (Å²) in [5.41, 5.74) is 2.23. The Morgan fingerprint density at radius 1 is 1.43 bits per heavy atom. The summed E-state index contributed by atoms with van der Waals surface area (Å²) in [6.45, 7) is 1.31. The van der Waals surface area contributed by atoms with E-state index in [9.17, 15) is 0 Å². The Bertz CT molecular complexity index is 544. The number of aromatic nitrogens is 3. The zero-order chi connectivity index (χ0) is 15.1. The maximum Gasteiger partial charge on any atom is 0.0834 e. The van der Waals surface area contributed by atoms with Crippen LogP contribution in [0, 0.1) is 0 Å². The van der Waals surface area contributed by atoms with Crippen molar-refractivity contribution < 1.29 is 4.74 Å². The Morgan fingerprint density at radius 3 is 2.95 bits per heavy atom. The van der Waals surface area contributed by atoms with Crippen LogP contribution in [0.4, 0.5) is 0 Å². The molecule has 0 spiro atoms. The minimum Gasteiger partial charge on any atom is -0.383 e. The molecule has 0 saturated heterocycles. The number of nitrogens with zero attached hydrogens (tertiary/aromatic N) is 3. The maximum absolute atomic E-state index is 6.30. The van der Waals surface area contributed by atoms with E-state index in [-0.39, 0.29) is 6.04 Å². The van der Waals surface area contributed by atoms with Crippen LogP contribution in [0.2, 0.25) is 5.02 Å². The molecule has 2 aromatic rings. The molecule has 0 radical (unpaired) electrons. The number of aryl methyl sites for hydroxylation is 1. The maximum atomic E-state index is 6.30. The Hall–Kier alpha value is -1.43.